The number of hydrogen-bond acceptors (Lipinski definition) is 2. The zero-order chi connectivity index (χ0) is 12.7. The summed E-state index contributed by atoms with van der Waals surface area (Å²) in [5.74, 6) is -0.357. The maximum Gasteiger partial charge on any atom is 0.146 e. The van der Waals surface area contributed by atoms with Gasteiger partial charge < -0.3 is 10.1 Å². The summed E-state index contributed by atoms with van der Waals surface area (Å²) in [6.45, 7) is 7.90. The normalized spacial score (nSPS) is 10.5. The molecule has 0 amide bonds. The molecular formula is C13H17ClFNO. The van der Waals surface area contributed by atoms with E-state index in [0.717, 1.165) is 5.57 Å². The van der Waals surface area contributed by atoms with Gasteiger partial charge in [-0.1, -0.05) is 35.9 Å². The topological polar surface area (TPSA) is 21.3 Å². The van der Waals surface area contributed by atoms with Gasteiger partial charge in [0, 0.05) is 18.7 Å². The molecule has 0 bridgehead atoms. The van der Waals surface area contributed by atoms with Crippen LogP contribution in [0.5, 0.6) is 0 Å². The highest BCUT2D eigenvalue weighted by atomic mass is 35.5. The van der Waals surface area contributed by atoms with Crippen LogP contribution in [-0.4, -0.2) is 19.8 Å². The number of nitrogens with one attached hydrogen (secondary N) is 1. The van der Waals surface area contributed by atoms with Gasteiger partial charge in [-0.05, 0) is 13.0 Å². The van der Waals surface area contributed by atoms with Crippen molar-refractivity contribution in [3.05, 3.63) is 46.8 Å². The second kappa shape index (κ2) is 7.43. The molecule has 4 heteroatoms. The summed E-state index contributed by atoms with van der Waals surface area (Å²) in [5, 5.41) is 3.25. The van der Waals surface area contributed by atoms with Crippen molar-refractivity contribution in [1.82, 2.24) is 5.32 Å². The highest BCUT2D eigenvalue weighted by molar-refractivity contribution is 6.30. The van der Waals surface area contributed by atoms with E-state index in [-0.39, 0.29) is 10.8 Å². The summed E-state index contributed by atoms with van der Waals surface area (Å²) < 4.78 is 18.8. The van der Waals surface area contributed by atoms with E-state index in [1.807, 2.05) is 6.92 Å². The molecule has 1 rings (SSSR count). The third-order valence-corrected chi connectivity index (χ3v) is 2.41. The number of ether oxygens (including phenoxy) is 1. The Labute approximate surface area is 106 Å². The van der Waals surface area contributed by atoms with Crippen molar-refractivity contribution in [2.24, 2.45) is 0 Å². The minimum Gasteiger partial charge on any atom is -0.376 e. The Balaban J connectivity index is 2.22. The van der Waals surface area contributed by atoms with Crippen LogP contribution in [0.15, 0.2) is 30.4 Å². The van der Waals surface area contributed by atoms with Crippen LogP contribution in [0.2, 0.25) is 5.02 Å². The second-order valence-electron chi connectivity index (χ2n) is 3.90. The van der Waals surface area contributed by atoms with Gasteiger partial charge in [-0.25, -0.2) is 4.39 Å². The summed E-state index contributed by atoms with van der Waals surface area (Å²) in [5.41, 5.74) is 1.56. The third-order valence-electron chi connectivity index (χ3n) is 2.12. The molecule has 0 radical (unpaired) electrons. The first-order valence-corrected chi connectivity index (χ1v) is 5.85. The molecule has 17 heavy (non-hydrogen) atoms. The summed E-state index contributed by atoms with van der Waals surface area (Å²) in [4.78, 5) is 0. The first-order chi connectivity index (χ1) is 8.11. The molecular weight excluding hydrogens is 241 g/mol. The SMILES string of the molecule is C=C(C)COCCNCc1cccc(Cl)c1F. The molecule has 1 aromatic carbocycles. The number of hydrogen-bond donors (Lipinski definition) is 1. The van der Waals surface area contributed by atoms with Crippen molar-refractivity contribution in [3.8, 4) is 0 Å². The minimum absolute atomic E-state index is 0.155. The zero-order valence-electron chi connectivity index (χ0n) is 9.93. The zero-order valence-corrected chi connectivity index (χ0v) is 10.7. The Hall–Kier alpha value is -0.900. The monoisotopic (exact) mass is 257 g/mol. The van der Waals surface area contributed by atoms with Crippen LogP contribution in [0.4, 0.5) is 4.39 Å². The van der Waals surface area contributed by atoms with Crippen molar-refractivity contribution in [1.29, 1.82) is 0 Å². The van der Waals surface area contributed by atoms with E-state index in [0.29, 0.717) is 31.9 Å². The molecule has 2 nitrogen and oxygen atoms in total. The van der Waals surface area contributed by atoms with Crippen molar-refractivity contribution in [2.75, 3.05) is 19.8 Å². The molecule has 0 aliphatic heterocycles. The van der Waals surface area contributed by atoms with Crippen LogP contribution in [-0.2, 0) is 11.3 Å². The highest BCUT2D eigenvalue weighted by Crippen LogP contribution is 2.17. The van der Waals surface area contributed by atoms with Crippen molar-refractivity contribution in [2.45, 2.75) is 13.5 Å². The lowest BCUT2D eigenvalue weighted by atomic mass is 10.2. The number of halogens is 2. The predicted octanol–water partition coefficient (Wildman–Crippen LogP) is 3.16. The number of benzene rings is 1. The minimum atomic E-state index is -0.357. The Morgan fingerprint density at radius 3 is 3.00 bits per heavy atom. The van der Waals surface area contributed by atoms with E-state index >= 15 is 0 Å². The number of rotatable bonds is 7. The van der Waals surface area contributed by atoms with E-state index < -0.39 is 0 Å². The summed E-state index contributed by atoms with van der Waals surface area (Å²) in [6, 6.07) is 4.99. The molecule has 0 aliphatic carbocycles. The van der Waals surface area contributed by atoms with Crippen LogP contribution in [0.25, 0.3) is 0 Å². The lowest BCUT2D eigenvalue weighted by Gasteiger charge is -2.07. The van der Waals surface area contributed by atoms with E-state index in [2.05, 4.69) is 11.9 Å². The van der Waals surface area contributed by atoms with Gasteiger partial charge >= 0.3 is 0 Å². The van der Waals surface area contributed by atoms with Gasteiger partial charge in [0.15, 0.2) is 0 Å². The Morgan fingerprint density at radius 1 is 1.53 bits per heavy atom. The average Bonchev–Trinajstić information content (AvgIpc) is 2.28. The second-order valence-corrected chi connectivity index (χ2v) is 4.31. The molecule has 0 saturated carbocycles. The van der Waals surface area contributed by atoms with Gasteiger partial charge in [0.05, 0.1) is 18.2 Å². The van der Waals surface area contributed by atoms with E-state index in [4.69, 9.17) is 16.3 Å². The van der Waals surface area contributed by atoms with Gasteiger partial charge in [0.1, 0.15) is 5.82 Å². The fourth-order valence-electron chi connectivity index (χ4n) is 1.30. The lowest BCUT2D eigenvalue weighted by Crippen LogP contribution is -2.20. The maximum absolute atomic E-state index is 13.5. The maximum atomic E-state index is 13.5. The van der Waals surface area contributed by atoms with Gasteiger partial charge in [0.2, 0.25) is 0 Å². The van der Waals surface area contributed by atoms with Crippen LogP contribution in [0.3, 0.4) is 0 Å². The van der Waals surface area contributed by atoms with Gasteiger partial charge in [-0.15, -0.1) is 0 Å². The molecule has 0 spiro atoms. The molecule has 0 atom stereocenters. The first-order valence-electron chi connectivity index (χ1n) is 5.47. The lowest BCUT2D eigenvalue weighted by molar-refractivity contribution is 0.157. The fourth-order valence-corrected chi connectivity index (χ4v) is 1.49. The Kier molecular flexibility index (Phi) is 6.19. The Morgan fingerprint density at radius 2 is 2.29 bits per heavy atom. The molecule has 0 fully saturated rings. The molecule has 1 N–H and O–H groups in total. The largest absolute Gasteiger partial charge is 0.376 e. The molecule has 0 saturated heterocycles. The smallest absolute Gasteiger partial charge is 0.146 e. The molecule has 94 valence electrons. The predicted molar refractivity (Wildman–Crippen MR) is 68.7 cm³/mol. The third kappa shape index (κ3) is 5.31. The summed E-state index contributed by atoms with van der Waals surface area (Å²) in [7, 11) is 0. The molecule has 1 aromatic rings. The molecule has 0 unspecified atom stereocenters. The first kappa shape index (κ1) is 14.2. The van der Waals surface area contributed by atoms with Crippen LogP contribution >= 0.6 is 11.6 Å². The van der Waals surface area contributed by atoms with Gasteiger partial charge in [-0.3, -0.25) is 0 Å². The summed E-state index contributed by atoms with van der Waals surface area (Å²) >= 11 is 5.67. The molecule has 0 heterocycles. The standard InChI is InChI=1S/C13H17ClFNO/c1-10(2)9-17-7-6-16-8-11-4-3-5-12(14)13(11)15/h3-5,16H,1,6-9H2,2H3. The fraction of sp³-hybridized carbons (Fsp3) is 0.385. The highest BCUT2D eigenvalue weighted by Gasteiger charge is 2.04. The van der Waals surface area contributed by atoms with Crippen LogP contribution in [0.1, 0.15) is 12.5 Å². The molecule has 0 aromatic heterocycles. The van der Waals surface area contributed by atoms with Crippen LogP contribution in [0, 0.1) is 5.82 Å². The van der Waals surface area contributed by atoms with Crippen molar-refractivity contribution in [3.63, 3.8) is 0 Å². The molecule has 0 aliphatic rings. The van der Waals surface area contributed by atoms with Crippen molar-refractivity contribution >= 4 is 11.6 Å². The Bertz CT molecular complexity index is 382. The van der Waals surface area contributed by atoms with E-state index in [9.17, 15) is 4.39 Å². The van der Waals surface area contributed by atoms with Crippen molar-refractivity contribution < 1.29 is 9.13 Å². The summed E-state index contributed by atoms with van der Waals surface area (Å²) in [6.07, 6.45) is 0. The van der Waals surface area contributed by atoms with Gasteiger partial charge in [0.25, 0.3) is 0 Å². The van der Waals surface area contributed by atoms with E-state index in [1.54, 1.807) is 12.1 Å². The van der Waals surface area contributed by atoms with Gasteiger partial charge in [-0.2, -0.15) is 0 Å². The van der Waals surface area contributed by atoms with Crippen LogP contribution < -0.4 is 5.32 Å². The average molecular weight is 258 g/mol. The van der Waals surface area contributed by atoms with E-state index in [1.165, 1.54) is 6.07 Å². The quantitative estimate of drug-likeness (QED) is 0.598.